The summed E-state index contributed by atoms with van der Waals surface area (Å²) in [7, 11) is 0. The van der Waals surface area contributed by atoms with E-state index < -0.39 is 0 Å². The molecule has 2 aromatic rings. The normalized spacial score (nSPS) is 11.2. The number of fused-ring (bicyclic) bond motifs is 1. The van der Waals surface area contributed by atoms with Crippen molar-refractivity contribution in [3.63, 3.8) is 0 Å². The van der Waals surface area contributed by atoms with Crippen molar-refractivity contribution in [2.75, 3.05) is 11.9 Å². The topological polar surface area (TPSA) is 68.0 Å². The Bertz CT molecular complexity index is 447. The zero-order valence-corrected chi connectivity index (χ0v) is 9.59. The van der Waals surface area contributed by atoms with E-state index in [1.165, 1.54) is 17.5 Å². The minimum atomic E-state index is 0.660. The van der Waals surface area contributed by atoms with Crippen LogP contribution in [0.2, 0.25) is 0 Å². The Balaban J connectivity index is 2.03. The fraction of sp³-hybridized carbons (Fsp3) is 0.600. The van der Waals surface area contributed by atoms with Gasteiger partial charge in [0.2, 0.25) is 0 Å². The maximum absolute atomic E-state index is 4.25. The van der Waals surface area contributed by atoms with E-state index >= 15 is 0 Å². The molecule has 0 fully saturated rings. The highest BCUT2D eigenvalue weighted by Gasteiger charge is 2.04. The maximum Gasteiger partial charge on any atom is 0.200 e. The third-order valence-corrected chi connectivity index (χ3v) is 2.80. The van der Waals surface area contributed by atoms with Gasteiger partial charge in [0.15, 0.2) is 5.65 Å². The van der Waals surface area contributed by atoms with Crippen LogP contribution >= 0.6 is 0 Å². The van der Waals surface area contributed by atoms with Crippen molar-refractivity contribution in [1.29, 1.82) is 0 Å². The summed E-state index contributed by atoms with van der Waals surface area (Å²) < 4.78 is 1.43. The molecule has 2 aromatic heterocycles. The predicted molar refractivity (Wildman–Crippen MR) is 61.1 cm³/mol. The van der Waals surface area contributed by atoms with E-state index in [2.05, 4.69) is 39.8 Å². The Hall–Kier alpha value is -1.72. The van der Waals surface area contributed by atoms with Crippen LogP contribution in [0.1, 0.15) is 26.7 Å². The molecule has 0 unspecified atom stereocenters. The molecule has 0 amide bonds. The summed E-state index contributed by atoms with van der Waals surface area (Å²) >= 11 is 0. The lowest BCUT2D eigenvalue weighted by Crippen LogP contribution is -2.14. The van der Waals surface area contributed by atoms with Crippen LogP contribution in [0.15, 0.2) is 12.1 Å². The van der Waals surface area contributed by atoms with E-state index in [0.717, 1.165) is 12.4 Å². The molecule has 0 aliphatic carbocycles. The molecule has 0 aliphatic heterocycles. The zero-order chi connectivity index (χ0) is 11.4. The molecule has 0 bridgehead atoms. The molecule has 0 radical (unpaired) electrons. The lowest BCUT2D eigenvalue weighted by molar-refractivity contribution is 0.517. The standard InChI is InChI=1S/C10H16N6/c1-3-8(4-2)7-11-9-5-6-10-12-14-15-16(10)13-9/h5-6,8H,3-4,7H2,1-2H3,(H,11,13). The lowest BCUT2D eigenvalue weighted by Gasteiger charge is -2.13. The van der Waals surface area contributed by atoms with Crippen molar-refractivity contribution < 1.29 is 0 Å². The third kappa shape index (κ3) is 2.26. The lowest BCUT2D eigenvalue weighted by atomic mass is 10.0. The first kappa shape index (κ1) is 10.8. The first-order valence-electron chi connectivity index (χ1n) is 5.62. The number of nitrogens with zero attached hydrogens (tertiary/aromatic N) is 5. The smallest absolute Gasteiger partial charge is 0.200 e. The SMILES string of the molecule is CCC(CC)CNc1ccc2nnnn2n1. The van der Waals surface area contributed by atoms with Crippen LogP contribution in [0, 0.1) is 5.92 Å². The highest BCUT2D eigenvalue weighted by molar-refractivity contribution is 5.41. The second kappa shape index (κ2) is 4.87. The fourth-order valence-corrected chi connectivity index (χ4v) is 1.57. The second-order valence-electron chi connectivity index (χ2n) is 3.81. The summed E-state index contributed by atoms with van der Waals surface area (Å²) in [6.45, 7) is 5.34. The average molecular weight is 220 g/mol. The molecule has 6 heteroatoms. The molecule has 0 saturated carbocycles. The van der Waals surface area contributed by atoms with Gasteiger partial charge in [0, 0.05) is 6.54 Å². The first-order chi connectivity index (χ1) is 7.83. The highest BCUT2D eigenvalue weighted by Crippen LogP contribution is 2.09. The summed E-state index contributed by atoms with van der Waals surface area (Å²) in [5.74, 6) is 1.50. The van der Waals surface area contributed by atoms with E-state index in [-0.39, 0.29) is 0 Å². The third-order valence-electron chi connectivity index (χ3n) is 2.80. The first-order valence-corrected chi connectivity index (χ1v) is 5.62. The molecule has 0 aliphatic rings. The van der Waals surface area contributed by atoms with E-state index in [0.29, 0.717) is 11.6 Å². The molecule has 86 valence electrons. The fourth-order valence-electron chi connectivity index (χ4n) is 1.57. The summed E-state index contributed by atoms with van der Waals surface area (Å²) in [5.41, 5.74) is 0.660. The highest BCUT2D eigenvalue weighted by atomic mass is 15.6. The number of hydrogen-bond acceptors (Lipinski definition) is 5. The van der Waals surface area contributed by atoms with Crippen molar-refractivity contribution in [2.24, 2.45) is 5.92 Å². The van der Waals surface area contributed by atoms with Gasteiger partial charge in [-0.15, -0.1) is 14.8 Å². The monoisotopic (exact) mass is 220 g/mol. The molecule has 2 heterocycles. The summed E-state index contributed by atoms with van der Waals surface area (Å²) in [6, 6.07) is 3.75. The maximum atomic E-state index is 4.25. The number of hydrogen-bond donors (Lipinski definition) is 1. The van der Waals surface area contributed by atoms with Crippen LogP contribution in [0.4, 0.5) is 5.82 Å². The van der Waals surface area contributed by atoms with Crippen LogP contribution in [0.5, 0.6) is 0 Å². The van der Waals surface area contributed by atoms with Gasteiger partial charge in [-0.05, 0) is 28.5 Å². The Morgan fingerprint density at radius 1 is 1.31 bits per heavy atom. The number of tetrazole rings is 1. The Morgan fingerprint density at radius 2 is 2.12 bits per heavy atom. The minimum Gasteiger partial charge on any atom is -0.368 e. The van der Waals surface area contributed by atoms with E-state index in [4.69, 9.17) is 0 Å². The van der Waals surface area contributed by atoms with E-state index in [1.54, 1.807) is 0 Å². The van der Waals surface area contributed by atoms with Gasteiger partial charge in [-0.1, -0.05) is 26.7 Å². The molecule has 6 nitrogen and oxygen atoms in total. The van der Waals surface area contributed by atoms with Crippen molar-refractivity contribution in [1.82, 2.24) is 25.3 Å². The molecular formula is C10H16N6. The van der Waals surface area contributed by atoms with Crippen molar-refractivity contribution in [2.45, 2.75) is 26.7 Å². The summed E-state index contributed by atoms with van der Waals surface area (Å²) in [6.07, 6.45) is 2.35. The average Bonchev–Trinajstić information content (AvgIpc) is 2.77. The quantitative estimate of drug-likeness (QED) is 0.824. The minimum absolute atomic E-state index is 0.660. The molecule has 1 N–H and O–H groups in total. The van der Waals surface area contributed by atoms with Gasteiger partial charge in [0.1, 0.15) is 5.82 Å². The Kier molecular flexibility index (Phi) is 3.28. The van der Waals surface area contributed by atoms with Gasteiger partial charge in [0.25, 0.3) is 0 Å². The van der Waals surface area contributed by atoms with Gasteiger partial charge in [-0.2, -0.15) is 0 Å². The number of anilines is 1. The Labute approximate surface area is 94.0 Å². The van der Waals surface area contributed by atoms with Crippen molar-refractivity contribution >= 4 is 11.5 Å². The Morgan fingerprint density at radius 3 is 2.88 bits per heavy atom. The van der Waals surface area contributed by atoms with Gasteiger partial charge >= 0.3 is 0 Å². The summed E-state index contributed by atoms with van der Waals surface area (Å²) in [4.78, 5) is 0. The second-order valence-corrected chi connectivity index (χ2v) is 3.81. The van der Waals surface area contributed by atoms with Crippen LogP contribution < -0.4 is 5.32 Å². The van der Waals surface area contributed by atoms with E-state index in [9.17, 15) is 0 Å². The zero-order valence-electron chi connectivity index (χ0n) is 9.59. The van der Waals surface area contributed by atoms with E-state index in [1.807, 2.05) is 12.1 Å². The van der Waals surface area contributed by atoms with Gasteiger partial charge in [0.05, 0.1) is 0 Å². The van der Waals surface area contributed by atoms with Gasteiger partial charge in [-0.3, -0.25) is 0 Å². The number of rotatable bonds is 5. The molecule has 0 saturated heterocycles. The number of nitrogens with one attached hydrogen (secondary N) is 1. The molecule has 0 aromatic carbocycles. The van der Waals surface area contributed by atoms with Crippen molar-refractivity contribution in [3.05, 3.63) is 12.1 Å². The van der Waals surface area contributed by atoms with Crippen molar-refractivity contribution in [3.8, 4) is 0 Å². The van der Waals surface area contributed by atoms with Crippen LogP contribution in [0.25, 0.3) is 5.65 Å². The molecule has 2 rings (SSSR count). The van der Waals surface area contributed by atoms with Gasteiger partial charge < -0.3 is 5.32 Å². The summed E-state index contributed by atoms with van der Waals surface area (Å²) in [5, 5.41) is 18.6. The molecular weight excluding hydrogens is 204 g/mol. The largest absolute Gasteiger partial charge is 0.368 e. The molecule has 0 atom stereocenters. The van der Waals surface area contributed by atoms with Gasteiger partial charge in [-0.25, -0.2) is 0 Å². The van der Waals surface area contributed by atoms with Crippen LogP contribution in [-0.4, -0.2) is 31.8 Å². The van der Waals surface area contributed by atoms with Crippen LogP contribution in [0.3, 0.4) is 0 Å². The van der Waals surface area contributed by atoms with Crippen LogP contribution in [-0.2, 0) is 0 Å². The molecule has 0 spiro atoms. The predicted octanol–water partition coefficient (Wildman–Crippen LogP) is 1.37. The molecule has 16 heavy (non-hydrogen) atoms. The number of aromatic nitrogens is 5.